The molecule has 142 valence electrons. The molecule has 0 saturated heterocycles. The van der Waals surface area contributed by atoms with E-state index in [2.05, 4.69) is 50.4 Å². The number of carboxylic acids is 1. The number of benzene rings is 2. The standard InChI is InChI=1S/C12H15NO2.C8H10.C2H6O/c1-8-4-5-13-11-3-2-9(6-10(8)11)7-12(14)15;1-7-4-3-5-8(2)6-7;1-2-3/h2-3,6,8,13H,4-5,7H2,1H3,(H,14,15);3-6H,1-2H3;3H,2H2,1H3. The van der Waals surface area contributed by atoms with Crippen molar-refractivity contribution in [1.82, 2.24) is 0 Å². The fourth-order valence-electron chi connectivity index (χ4n) is 2.85. The molecule has 0 aliphatic carbocycles. The lowest BCUT2D eigenvalue weighted by atomic mass is 9.91. The van der Waals surface area contributed by atoms with Gasteiger partial charge in [0.1, 0.15) is 0 Å². The quantitative estimate of drug-likeness (QED) is 0.738. The highest BCUT2D eigenvalue weighted by molar-refractivity contribution is 5.71. The third kappa shape index (κ3) is 7.70. The van der Waals surface area contributed by atoms with Gasteiger partial charge in [-0.2, -0.15) is 0 Å². The van der Waals surface area contributed by atoms with Crippen molar-refractivity contribution in [2.24, 2.45) is 0 Å². The molecule has 0 bridgehead atoms. The van der Waals surface area contributed by atoms with Gasteiger partial charge in [-0.1, -0.05) is 54.4 Å². The number of aliphatic hydroxyl groups is 1. The first-order valence-electron chi connectivity index (χ1n) is 9.10. The van der Waals surface area contributed by atoms with Crippen LogP contribution < -0.4 is 5.32 Å². The molecule has 4 heteroatoms. The molecular weight excluding hydrogens is 326 g/mol. The molecular formula is C22H31NO3. The number of carbonyl (C=O) groups is 1. The van der Waals surface area contributed by atoms with Gasteiger partial charge in [0.2, 0.25) is 0 Å². The van der Waals surface area contributed by atoms with Gasteiger partial charge in [-0.3, -0.25) is 4.79 Å². The zero-order chi connectivity index (χ0) is 19.5. The molecule has 1 atom stereocenters. The van der Waals surface area contributed by atoms with E-state index in [4.69, 9.17) is 10.2 Å². The smallest absolute Gasteiger partial charge is 0.307 e. The molecule has 26 heavy (non-hydrogen) atoms. The van der Waals surface area contributed by atoms with Gasteiger partial charge in [0.25, 0.3) is 0 Å². The minimum atomic E-state index is -0.772. The molecule has 0 amide bonds. The molecule has 1 aliphatic heterocycles. The van der Waals surface area contributed by atoms with Crippen LogP contribution in [0.25, 0.3) is 0 Å². The van der Waals surface area contributed by atoms with Gasteiger partial charge in [0.05, 0.1) is 6.42 Å². The number of aryl methyl sites for hydroxylation is 2. The van der Waals surface area contributed by atoms with Crippen molar-refractivity contribution in [3.05, 3.63) is 64.7 Å². The fourth-order valence-corrected chi connectivity index (χ4v) is 2.85. The van der Waals surface area contributed by atoms with Crippen LogP contribution in [0.15, 0.2) is 42.5 Å². The van der Waals surface area contributed by atoms with Gasteiger partial charge in [0, 0.05) is 18.8 Å². The number of aliphatic hydroxyl groups excluding tert-OH is 1. The van der Waals surface area contributed by atoms with E-state index in [1.54, 1.807) is 6.92 Å². The third-order valence-corrected chi connectivity index (χ3v) is 4.07. The van der Waals surface area contributed by atoms with Gasteiger partial charge in [-0.15, -0.1) is 0 Å². The summed E-state index contributed by atoms with van der Waals surface area (Å²) in [5, 5.41) is 19.6. The SMILES string of the molecule is CC1CCNc2ccc(CC(=O)O)cc21.CCO.Cc1cccc(C)c1. The zero-order valence-corrected chi connectivity index (χ0v) is 16.2. The largest absolute Gasteiger partial charge is 0.481 e. The highest BCUT2D eigenvalue weighted by Gasteiger charge is 2.16. The highest BCUT2D eigenvalue weighted by atomic mass is 16.4. The van der Waals surface area contributed by atoms with E-state index in [0.717, 1.165) is 24.2 Å². The number of hydrogen-bond donors (Lipinski definition) is 3. The summed E-state index contributed by atoms with van der Waals surface area (Å²) in [5.74, 6) is -0.249. The second-order valence-corrected chi connectivity index (χ2v) is 6.58. The maximum atomic E-state index is 10.6. The van der Waals surface area contributed by atoms with E-state index in [1.807, 2.05) is 18.2 Å². The van der Waals surface area contributed by atoms with Crippen molar-refractivity contribution in [1.29, 1.82) is 0 Å². The number of rotatable bonds is 2. The maximum Gasteiger partial charge on any atom is 0.307 e. The van der Waals surface area contributed by atoms with Crippen molar-refractivity contribution >= 4 is 11.7 Å². The Morgan fingerprint density at radius 1 is 1.15 bits per heavy atom. The van der Waals surface area contributed by atoms with Crippen LogP contribution >= 0.6 is 0 Å². The van der Waals surface area contributed by atoms with E-state index in [0.29, 0.717) is 5.92 Å². The lowest BCUT2D eigenvalue weighted by Crippen LogP contribution is -2.15. The van der Waals surface area contributed by atoms with Gasteiger partial charge >= 0.3 is 5.97 Å². The number of aliphatic carboxylic acids is 1. The van der Waals surface area contributed by atoms with Crippen LogP contribution in [0.3, 0.4) is 0 Å². The second kappa shape index (κ2) is 11.3. The van der Waals surface area contributed by atoms with Gasteiger partial charge in [-0.05, 0) is 50.3 Å². The Hall–Kier alpha value is -2.33. The zero-order valence-electron chi connectivity index (χ0n) is 16.2. The van der Waals surface area contributed by atoms with Crippen LogP contribution in [0.5, 0.6) is 0 Å². The molecule has 1 unspecified atom stereocenters. The summed E-state index contributed by atoms with van der Waals surface area (Å²) >= 11 is 0. The monoisotopic (exact) mass is 357 g/mol. The summed E-state index contributed by atoms with van der Waals surface area (Å²) in [7, 11) is 0. The van der Waals surface area contributed by atoms with Crippen molar-refractivity contribution < 1.29 is 15.0 Å². The summed E-state index contributed by atoms with van der Waals surface area (Å²) < 4.78 is 0. The summed E-state index contributed by atoms with van der Waals surface area (Å²) in [6.45, 7) is 9.33. The normalized spacial score (nSPS) is 14.6. The Kier molecular flexibility index (Phi) is 9.45. The van der Waals surface area contributed by atoms with Crippen LogP contribution in [0, 0.1) is 13.8 Å². The Labute approximate surface area is 156 Å². The summed E-state index contributed by atoms with van der Waals surface area (Å²) in [5.41, 5.74) is 5.97. The average molecular weight is 357 g/mol. The molecule has 1 aliphatic rings. The van der Waals surface area contributed by atoms with Crippen molar-refractivity contribution in [3.63, 3.8) is 0 Å². The lowest BCUT2D eigenvalue weighted by Gasteiger charge is -2.24. The third-order valence-electron chi connectivity index (χ3n) is 4.07. The first-order valence-corrected chi connectivity index (χ1v) is 9.10. The Bertz CT molecular complexity index is 680. The van der Waals surface area contributed by atoms with Crippen LogP contribution in [-0.4, -0.2) is 29.3 Å². The molecule has 2 aromatic carbocycles. The summed E-state index contributed by atoms with van der Waals surface area (Å²) in [6, 6.07) is 14.3. The number of carboxylic acid groups (broad SMARTS) is 1. The molecule has 4 nitrogen and oxygen atoms in total. The van der Waals surface area contributed by atoms with E-state index in [-0.39, 0.29) is 13.0 Å². The Balaban J connectivity index is 0.000000258. The molecule has 0 radical (unpaired) electrons. The van der Waals surface area contributed by atoms with Gasteiger partial charge in [-0.25, -0.2) is 0 Å². The van der Waals surface area contributed by atoms with E-state index in [1.165, 1.54) is 16.7 Å². The Morgan fingerprint density at radius 3 is 2.27 bits per heavy atom. The highest BCUT2D eigenvalue weighted by Crippen LogP contribution is 2.31. The number of fused-ring (bicyclic) bond motifs is 1. The number of anilines is 1. The minimum absolute atomic E-state index is 0.111. The van der Waals surface area contributed by atoms with Crippen LogP contribution in [0.1, 0.15) is 48.4 Å². The maximum absolute atomic E-state index is 10.6. The van der Waals surface area contributed by atoms with E-state index in [9.17, 15) is 4.79 Å². The second-order valence-electron chi connectivity index (χ2n) is 6.58. The number of hydrogen-bond acceptors (Lipinski definition) is 3. The molecule has 0 fully saturated rings. The fraction of sp³-hybridized carbons (Fsp3) is 0.409. The summed E-state index contributed by atoms with van der Waals surface area (Å²) in [6.07, 6.45) is 1.23. The summed E-state index contributed by atoms with van der Waals surface area (Å²) in [4.78, 5) is 10.6. The van der Waals surface area contributed by atoms with Crippen LogP contribution in [0.2, 0.25) is 0 Å². The first-order chi connectivity index (χ1) is 12.4. The minimum Gasteiger partial charge on any atom is -0.481 e. The van der Waals surface area contributed by atoms with E-state index < -0.39 is 5.97 Å². The molecule has 3 N–H and O–H groups in total. The lowest BCUT2D eigenvalue weighted by molar-refractivity contribution is -0.136. The predicted molar refractivity (Wildman–Crippen MR) is 108 cm³/mol. The molecule has 3 rings (SSSR count). The Morgan fingerprint density at radius 2 is 1.77 bits per heavy atom. The van der Waals surface area contributed by atoms with Gasteiger partial charge in [0.15, 0.2) is 0 Å². The van der Waals surface area contributed by atoms with Crippen molar-refractivity contribution in [3.8, 4) is 0 Å². The average Bonchev–Trinajstić information content (AvgIpc) is 2.56. The molecule has 0 spiro atoms. The van der Waals surface area contributed by atoms with Crippen molar-refractivity contribution in [2.75, 3.05) is 18.5 Å². The van der Waals surface area contributed by atoms with Crippen molar-refractivity contribution in [2.45, 2.75) is 46.5 Å². The van der Waals surface area contributed by atoms with E-state index >= 15 is 0 Å². The molecule has 2 aromatic rings. The van der Waals surface area contributed by atoms with Crippen LogP contribution in [0.4, 0.5) is 5.69 Å². The topological polar surface area (TPSA) is 69.6 Å². The molecule has 0 saturated carbocycles. The van der Waals surface area contributed by atoms with Crippen LogP contribution in [-0.2, 0) is 11.2 Å². The molecule has 0 aromatic heterocycles. The first kappa shape index (κ1) is 21.7. The molecule has 1 heterocycles. The van der Waals surface area contributed by atoms with Gasteiger partial charge < -0.3 is 15.5 Å². The predicted octanol–water partition coefficient (Wildman–Crippen LogP) is 4.53. The number of nitrogens with one attached hydrogen (secondary N) is 1.